The largest absolute Gasteiger partial charge is 0.484 e. The van der Waals surface area contributed by atoms with Crippen LogP contribution in [-0.4, -0.2) is 141 Å². The number of aryl methyl sites for hydroxylation is 6. The van der Waals surface area contributed by atoms with Crippen molar-refractivity contribution in [3.8, 4) is 23.0 Å². The molecule has 8 heterocycles. The van der Waals surface area contributed by atoms with Gasteiger partial charge in [0.2, 0.25) is 47.1 Å². The molecule has 0 spiro atoms. The van der Waals surface area contributed by atoms with Crippen LogP contribution in [0.25, 0.3) is 0 Å². The van der Waals surface area contributed by atoms with E-state index in [0.29, 0.717) is 107 Å². The van der Waals surface area contributed by atoms with E-state index in [9.17, 15) is 19.2 Å². The number of nitrogens with zero attached hydrogens (tertiary/aromatic N) is 8. The van der Waals surface area contributed by atoms with Crippen molar-refractivity contribution in [1.82, 2.24) is 62.1 Å². The summed E-state index contributed by atoms with van der Waals surface area (Å²) < 4.78 is 67.9. The summed E-state index contributed by atoms with van der Waals surface area (Å²) in [5.41, 5.74) is 2.30. The molecule has 4 aromatic heterocycles. The maximum Gasteiger partial charge on any atom is 0.258 e. The van der Waals surface area contributed by atoms with E-state index in [2.05, 4.69) is 89.8 Å². The molecule has 28 nitrogen and oxygen atoms in total. The third-order valence-corrected chi connectivity index (χ3v) is 18.2. The highest BCUT2D eigenvalue weighted by Gasteiger charge is 2.32. The number of aromatic nitrogens is 8. The second-order valence-electron chi connectivity index (χ2n) is 26.9. The maximum atomic E-state index is 12.1. The highest BCUT2D eigenvalue weighted by molar-refractivity contribution is 6.30. The molecule has 4 N–H and O–H groups in total. The van der Waals surface area contributed by atoms with Crippen LogP contribution in [0.4, 0.5) is 0 Å². The first-order chi connectivity index (χ1) is 52.5. The van der Waals surface area contributed by atoms with Gasteiger partial charge in [0.15, 0.2) is 26.4 Å². The number of carbonyl (C=O) groups excluding carboxylic acids is 4. The van der Waals surface area contributed by atoms with E-state index >= 15 is 0 Å². The first kappa shape index (κ1) is 85.5. The predicted octanol–water partition coefficient (Wildman–Crippen LogP) is 13.9. The number of carbonyl (C=O) groups is 4. The molecule has 0 aliphatic carbocycles. The average Bonchev–Trinajstić information content (AvgIpc) is 1.76. The molecular formula is C79H106Cl2N12O16. The van der Waals surface area contributed by atoms with Crippen LogP contribution in [-0.2, 0) is 63.8 Å². The quantitative estimate of drug-likeness (QED) is 0.0304. The number of amides is 4. The molecule has 30 heteroatoms. The molecule has 4 aliphatic rings. The molecule has 8 aromatic rings. The Morgan fingerprint density at radius 2 is 0.569 bits per heavy atom. The zero-order chi connectivity index (χ0) is 76.2. The van der Waals surface area contributed by atoms with Crippen LogP contribution in [0.1, 0.15) is 221 Å². The SMILES string of the molecule is C.CCCCc1nnc([C@@H]2CC[C@@H](NC(=O)COc3ccc(C)cc3)CO2)o1.CCCCc1nnc([C@@H]2CC[C@@H](NC(=O)COc3ccc(Cl)cc3)CO2)o1.CCCCc1nnc([C@H]2CC[C@H](NC(=O)COc3ccc(C)cc3)CO2)o1.CCCCc1nnc([C@H]2CC[C@H](NC(=O)COc3ccc(Cl)cc3)CO2)o1. The highest BCUT2D eigenvalue weighted by atomic mass is 35.5. The van der Waals surface area contributed by atoms with Crippen LogP contribution >= 0.6 is 23.2 Å². The lowest BCUT2D eigenvalue weighted by molar-refractivity contribution is -0.126. The van der Waals surface area contributed by atoms with Gasteiger partial charge in [-0.15, -0.1) is 40.8 Å². The van der Waals surface area contributed by atoms with Crippen LogP contribution in [0, 0.1) is 13.8 Å². The zero-order valence-electron chi connectivity index (χ0n) is 62.5. The first-order valence-electron chi connectivity index (χ1n) is 37.6. The topological polar surface area (TPSA) is 346 Å². The second kappa shape index (κ2) is 46.4. The Labute approximate surface area is 647 Å². The summed E-state index contributed by atoms with van der Waals surface area (Å²) >= 11 is 11.6. The summed E-state index contributed by atoms with van der Waals surface area (Å²) in [7, 11) is 0. The van der Waals surface area contributed by atoms with Gasteiger partial charge in [-0.05, 0) is 164 Å². The standard InChI is InChI=1S/2C20H27N3O4.2C19H24ClN3O4.CH4/c2*1-3-4-5-19-22-23-20(27-19)17-11-8-15(12-26-17)21-18(24)13-25-16-9-6-14(2)7-10-16;2*1-2-3-4-18-22-23-19(27-18)16-10-7-14(11-26-16)21-17(24)12-25-15-8-5-13(20)6-9-15;/h2*6-7,9-10,15,17H,3-5,8,11-13H2,1-2H3,(H,21,24);2*5-6,8-9,14,16H,2-4,7,10-12H2,1H3,(H,21,24);1H4/t2*15-,17+;2*14-,16+;/m1010./s1. The molecule has 4 aliphatic heterocycles. The molecule has 592 valence electrons. The fourth-order valence-corrected chi connectivity index (χ4v) is 11.8. The molecule has 0 radical (unpaired) electrons. The molecule has 4 aromatic carbocycles. The Hall–Kier alpha value is -9.06. The fourth-order valence-electron chi connectivity index (χ4n) is 11.5. The maximum absolute atomic E-state index is 12.1. The molecule has 109 heavy (non-hydrogen) atoms. The molecule has 0 bridgehead atoms. The summed E-state index contributed by atoms with van der Waals surface area (Å²) in [6.07, 6.45) is 16.9. The van der Waals surface area contributed by atoms with Crippen molar-refractivity contribution < 1.29 is 74.7 Å². The number of benzene rings is 4. The van der Waals surface area contributed by atoms with Gasteiger partial charge in [0.1, 0.15) is 47.4 Å². The van der Waals surface area contributed by atoms with Crippen LogP contribution in [0.5, 0.6) is 23.0 Å². The highest BCUT2D eigenvalue weighted by Crippen LogP contribution is 2.32. The van der Waals surface area contributed by atoms with E-state index in [1.807, 2.05) is 62.4 Å². The number of nitrogens with one attached hydrogen (secondary N) is 4. The summed E-state index contributed by atoms with van der Waals surface area (Å²) in [4.78, 5) is 48.2. The third kappa shape index (κ3) is 30.4. The second-order valence-corrected chi connectivity index (χ2v) is 27.8. The molecular weight excluding hydrogens is 1440 g/mol. The van der Waals surface area contributed by atoms with Crippen molar-refractivity contribution in [3.05, 3.63) is 165 Å². The molecule has 12 rings (SSSR count). The van der Waals surface area contributed by atoms with Crippen LogP contribution in [0.15, 0.2) is 115 Å². The summed E-state index contributed by atoms with van der Waals surface area (Å²) in [6.45, 7) is 14.1. The molecule has 4 fully saturated rings. The number of hydrogen-bond donors (Lipinski definition) is 4. The molecule has 4 saturated heterocycles. The molecule has 0 unspecified atom stereocenters. The van der Waals surface area contributed by atoms with Gasteiger partial charge in [0, 0.05) is 35.7 Å². The zero-order valence-corrected chi connectivity index (χ0v) is 64.0. The van der Waals surface area contributed by atoms with Crippen LogP contribution < -0.4 is 40.2 Å². The molecule has 4 amide bonds. The van der Waals surface area contributed by atoms with Crippen LogP contribution in [0.3, 0.4) is 0 Å². The first-order valence-corrected chi connectivity index (χ1v) is 38.4. The van der Waals surface area contributed by atoms with Crippen LogP contribution in [0.2, 0.25) is 10.0 Å². The third-order valence-electron chi connectivity index (χ3n) is 17.7. The number of ether oxygens (including phenoxy) is 8. The van der Waals surface area contributed by atoms with E-state index in [4.69, 9.17) is 78.8 Å². The van der Waals surface area contributed by atoms with Gasteiger partial charge < -0.3 is 76.8 Å². The smallest absolute Gasteiger partial charge is 0.258 e. The minimum Gasteiger partial charge on any atom is -0.484 e. The summed E-state index contributed by atoms with van der Waals surface area (Å²) in [5.74, 6) is 6.68. The van der Waals surface area contributed by atoms with Gasteiger partial charge in [-0.3, -0.25) is 19.2 Å². The Balaban J connectivity index is 0.000000182. The average molecular weight is 1550 g/mol. The fraction of sp³-hybridized carbons (Fsp3) is 0.544. The van der Waals surface area contributed by atoms with E-state index < -0.39 is 0 Å². The van der Waals surface area contributed by atoms with E-state index in [1.54, 1.807) is 48.5 Å². The predicted molar refractivity (Wildman–Crippen MR) is 405 cm³/mol. The Morgan fingerprint density at radius 1 is 0.349 bits per heavy atom. The monoisotopic (exact) mass is 1550 g/mol. The van der Waals surface area contributed by atoms with Crippen molar-refractivity contribution in [2.24, 2.45) is 0 Å². The van der Waals surface area contributed by atoms with Gasteiger partial charge >= 0.3 is 0 Å². The van der Waals surface area contributed by atoms with Crippen molar-refractivity contribution in [2.75, 3.05) is 52.9 Å². The van der Waals surface area contributed by atoms with Gasteiger partial charge in [-0.1, -0.05) is 119 Å². The number of halogens is 2. The number of hydrogen-bond acceptors (Lipinski definition) is 24. The summed E-state index contributed by atoms with van der Waals surface area (Å²) in [5, 5.41) is 45.6. The Morgan fingerprint density at radius 3 is 0.771 bits per heavy atom. The van der Waals surface area contributed by atoms with Crippen molar-refractivity contribution >= 4 is 46.8 Å². The lowest BCUT2D eigenvalue weighted by Crippen LogP contribution is -2.43. The van der Waals surface area contributed by atoms with Gasteiger partial charge in [0.25, 0.3) is 23.6 Å². The van der Waals surface area contributed by atoms with E-state index in [0.717, 1.165) is 140 Å². The summed E-state index contributed by atoms with van der Waals surface area (Å²) in [6, 6.07) is 28.8. The Bertz CT molecular complexity index is 3400. The number of rotatable bonds is 32. The Kier molecular flexibility index (Phi) is 36.5. The van der Waals surface area contributed by atoms with E-state index in [1.165, 1.54) is 0 Å². The van der Waals surface area contributed by atoms with Gasteiger partial charge in [-0.25, -0.2) is 0 Å². The van der Waals surface area contributed by atoms with Gasteiger partial charge in [0.05, 0.1) is 50.6 Å². The van der Waals surface area contributed by atoms with Crippen molar-refractivity contribution in [3.63, 3.8) is 0 Å². The van der Waals surface area contributed by atoms with Crippen molar-refractivity contribution in [1.29, 1.82) is 0 Å². The lowest BCUT2D eigenvalue weighted by atomic mass is 10.0. The minimum absolute atomic E-state index is 0. The number of unbranched alkanes of at least 4 members (excludes halogenated alkanes) is 4. The molecule has 8 atom stereocenters. The molecule has 0 saturated carbocycles. The van der Waals surface area contributed by atoms with Crippen molar-refractivity contribution in [2.45, 2.75) is 226 Å². The van der Waals surface area contributed by atoms with E-state index in [-0.39, 0.29) is 106 Å². The normalized spacial score (nSPS) is 19.4. The van der Waals surface area contributed by atoms with Gasteiger partial charge in [-0.2, -0.15) is 0 Å². The lowest BCUT2D eigenvalue weighted by Gasteiger charge is -2.27. The minimum atomic E-state index is -0.202.